The largest absolute Gasteiger partial charge is 0.507 e. The fourth-order valence-corrected chi connectivity index (χ4v) is 5.52. The van der Waals surface area contributed by atoms with Gasteiger partial charge in [-0.2, -0.15) is 15.0 Å². The Kier molecular flexibility index (Phi) is 7.47. The summed E-state index contributed by atoms with van der Waals surface area (Å²) in [6.45, 7) is 2.20. The summed E-state index contributed by atoms with van der Waals surface area (Å²) in [5.74, 6) is 0.423. The fraction of sp³-hybridized carbons (Fsp3) is 0.370. The number of piperidine rings is 2. The van der Waals surface area contributed by atoms with Crippen LogP contribution in [0.15, 0.2) is 42.7 Å². The van der Waals surface area contributed by atoms with E-state index in [1.165, 1.54) is 12.1 Å². The molecule has 2 fully saturated rings. The van der Waals surface area contributed by atoms with Gasteiger partial charge in [-0.3, -0.25) is 4.79 Å². The number of anilines is 5. The molecule has 2 saturated heterocycles. The molecule has 220 valence electrons. The van der Waals surface area contributed by atoms with E-state index in [2.05, 4.69) is 30.6 Å². The average molecular weight is 574 g/mol. The number of aromatic hydroxyl groups is 1. The molecule has 4 aromatic rings. The van der Waals surface area contributed by atoms with E-state index in [-0.39, 0.29) is 41.4 Å². The quantitative estimate of drug-likeness (QED) is 0.154. The highest BCUT2D eigenvalue weighted by Crippen LogP contribution is 2.27. The number of benzene rings is 2. The first-order valence-electron chi connectivity index (χ1n) is 13.8. The van der Waals surface area contributed by atoms with Crippen LogP contribution in [-0.4, -0.2) is 86.3 Å². The number of aromatic nitrogens is 5. The number of hydrogen-bond donors (Lipinski definition) is 8. The molecule has 42 heavy (non-hydrogen) atoms. The second-order valence-electron chi connectivity index (χ2n) is 11.0. The van der Waals surface area contributed by atoms with Crippen molar-refractivity contribution in [2.24, 2.45) is 22.9 Å². The molecule has 2 aliphatic heterocycles. The number of nitrogens with zero attached hydrogens (tertiary/aromatic N) is 6. The Hall–Kier alpha value is -4.57. The highest BCUT2D eigenvalue weighted by molar-refractivity contribution is 6.07. The summed E-state index contributed by atoms with van der Waals surface area (Å²) in [7, 11) is 0. The Labute approximate surface area is 241 Å². The van der Waals surface area contributed by atoms with Gasteiger partial charge in [-0.1, -0.05) is 0 Å². The van der Waals surface area contributed by atoms with Crippen molar-refractivity contribution in [3.63, 3.8) is 0 Å². The maximum atomic E-state index is 12.9. The lowest BCUT2D eigenvalue weighted by Crippen LogP contribution is -2.54. The van der Waals surface area contributed by atoms with Crippen LogP contribution >= 0.6 is 0 Å². The van der Waals surface area contributed by atoms with Crippen LogP contribution in [0.1, 0.15) is 23.2 Å². The van der Waals surface area contributed by atoms with Crippen LogP contribution < -0.4 is 43.4 Å². The van der Waals surface area contributed by atoms with Crippen molar-refractivity contribution in [2.45, 2.75) is 37.0 Å². The van der Waals surface area contributed by atoms with Crippen molar-refractivity contribution in [2.75, 3.05) is 46.6 Å². The predicted molar refractivity (Wildman–Crippen MR) is 161 cm³/mol. The summed E-state index contributed by atoms with van der Waals surface area (Å²) in [6.07, 6.45) is 3.01. The van der Waals surface area contributed by atoms with Crippen LogP contribution in [0.5, 0.6) is 5.75 Å². The molecule has 15 heteroatoms. The molecule has 6 rings (SSSR count). The second kappa shape index (κ2) is 11.4. The third-order valence-electron chi connectivity index (χ3n) is 7.39. The highest BCUT2D eigenvalue weighted by Gasteiger charge is 2.29. The maximum absolute atomic E-state index is 12.9. The lowest BCUT2D eigenvalue weighted by molar-refractivity contribution is 0.102. The molecule has 2 aromatic carbocycles. The number of amides is 1. The Morgan fingerprint density at radius 1 is 0.833 bits per heavy atom. The number of phenols is 1. The number of phenolic OH excluding ortho intramolecular Hbond substituents is 1. The third-order valence-corrected chi connectivity index (χ3v) is 7.39. The molecule has 4 heterocycles. The number of nitrogens with two attached hydrogens (primary N) is 4. The summed E-state index contributed by atoms with van der Waals surface area (Å²) < 4.78 is 0. The summed E-state index contributed by atoms with van der Waals surface area (Å²) in [5.41, 5.74) is 27.7. The zero-order valence-corrected chi connectivity index (χ0v) is 22.9. The van der Waals surface area contributed by atoms with E-state index in [9.17, 15) is 9.90 Å². The number of hydrogen-bond acceptors (Lipinski definition) is 13. The Bertz CT molecular complexity index is 1530. The first-order valence-corrected chi connectivity index (χ1v) is 13.8. The van der Waals surface area contributed by atoms with Crippen molar-refractivity contribution < 1.29 is 9.90 Å². The molecular formula is C27H35N13O2. The van der Waals surface area contributed by atoms with Crippen LogP contribution in [0.3, 0.4) is 0 Å². The predicted octanol–water partition coefficient (Wildman–Crippen LogP) is 0.179. The SMILES string of the molecule is N[C@@H]1C[C@H](N)CN(c2nc(Nc3ccc(C(=O)Nc4ccc5[nH]cnc5c4)c(O)c3)nc(N3C[C@H](N)C[C@H](N)C3)n2)C1. The van der Waals surface area contributed by atoms with Gasteiger partial charge in [0.2, 0.25) is 17.8 Å². The number of nitrogens with one attached hydrogen (secondary N) is 3. The van der Waals surface area contributed by atoms with Crippen LogP contribution in [-0.2, 0) is 0 Å². The number of H-pyrrole nitrogens is 1. The van der Waals surface area contributed by atoms with E-state index >= 15 is 0 Å². The zero-order chi connectivity index (χ0) is 29.4. The number of carbonyl (C=O) groups is 1. The molecule has 1 amide bonds. The number of aromatic amines is 1. The first kappa shape index (κ1) is 27.6. The molecular weight excluding hydrogens is 538 g/mol. The van der Waals surface area contributed by atoms with E-state index in [1.54, 1.807) is 24.5 Å². The molecule has 0 saturated carbocycles. The average Bonchev–Trinajstić information content (AvgIpc) is 3.40. The van der Waals surface area contributed by atoms with Gasteiger partial charge in [-0.05, 0) is 43.2 Å². The van der Waals surface area contributed by atoms with Gasteiger partial charge in [-0.25, -0.2) is 4.98 Å². The van der Waals surface area contributed by atoms with Crippen molar-refractivity contribution in [3.8, 4) is 5.75 Å². The Balaban J connectivity index is 1.24. The summed E-state index contributed by atoms with van der Waals surface area (Å²) in [6, 6.07) is 9.49. The first-order chi connectivity index (χ1) is 20.2. The molecule has 0 unspecified atom stereocenters. The van der Waals surface area contributed by atoms with Crippen LogP contribution in [0.25, 0.3) is 11.0 Å². The summed E-state index contributed by atoms with van der Waals surface area (Å²) in [4.78, 5) is 38.0. The van der Waals surface area contributed by atoms with Crippen molar-refractivity contribution in [1.82, 2.24) is 24.9 Å². The lowest BCUT2D eigenvalue weighted by atomic mass is 10.0. The molecule has 15 nitrogen and oxygen atoms in total. The minimum atomic E-state index is -0.464. The van der Waals surface area contributed by atoms with Crippen LogP contribution in [0.4, 0.5) is 29.2 Å². The van der Waals surface area contributed by atoms with Crippen LogP contribution in [0, 0.1) is 0 Å². The molecule has 0 bridgehead atoms. The van der Waals surface area contributed by atoms with Crippen molar-refractivity contribution in [1.29, 1.82) is 0 Å². The van der Waals surface area contributed by atoms with Gasteiger partial charge in [0.05, 0.1) is 22.9 Å². The lowest BCUT2D eigenvalue weighted by Gasteiger charge is -2.37. The highest BCUT2D eigenvalue weighted by atomic mass is 16.3. The molecule has 4 atom stereocenters. The van der Waals surface area contributed by atoms with Crippen LogP contribution in [0.2, 0.25) is 0 Å². The van der Waals surface area contributed by atoms with Gasteiger partial charge in [0, 0.05) is 67.8 Å². The van der Waals surface area contributed by atoms with E-state index in [1.807, 2.05) is 15.9 Å². The van der Waals surface area contributed by atoms with E-state index in [4.69, 9.17) is 27.9 Å². The Morgan fingerprint density at radius 3 is 2.02 bits per heavy atom. The van der Waals surface area contributed by atoms with Gasteiger partial charge in [-0.15, -0.1) is 0 Å². The molecule has 12 N–H and O–H groups in total. The number of imidazole rings is 1. The van der Waals surface area contributed by atoms with E-state index in [0.29, 0.717) is 62.3 Å². The maximum Gasteiger partial charge on any atom is 0.259 e. The number of rotatable bonds is 6. The number of carbonyl (C=O) groups excluding carboxylic acids is 1. The van der Waals surface area contributed by atoms with Crippen molar-refractivity contribution in [3.05, 3.63) is 48.3 Å². The van der Waals surface area contributed by atoms with Gasteiger partial charge in [0.15, 0.2) is 0 Å². The molecule has 0 spiro atoms. The van der Waals surface area contributed by atoms with Gasteiger partial charge in [0.25, 0.3) is 5.91 Å². The smallest absolute Gasteiger partial charge is 0.259 e. The van der Waals surface area contributed by atoms with Crippen molar-refractivity contribution >= 4 is 46.2 Å². The molecule has 2 aromatic heterocycles. The van der Waals surface area contributed by atoms with Gasteiger partial charge < -0.3 is 53.5 Å². The molecule has 0 radical (unpaired) electrons. The monoisotopic (exact) mass is 573 g/mol. The van der Waals surface area contributed by atoms with Gasteiger partial charge >= 0.3 is 0 Å². The zero-order valence-electron chi connectivity index (χ0n) is 22.9. The minimum absolute atomic E-state index is 0.104. The third kappa shape index (κ3) is 6.03. The summed E-state index contributed by atoms with van der Waals surface area (Å²) >= 11 is 0. The minimum Gasteiger partial charge on any atom is -0.507 e. The molecule has 0 aliphatic carbocycles. The topological polar surface area (TPSA) is 239 Å². The number of fused-ring (bicyclic) bond motifs is 1. The second-order valence-corrected chi connectivity index (χ2v) is 11.0. The van der Waals surface area contributed by atoms with E-state index in [0.717, 1.165) is 11.0 Å². The fourth-order valence-electron chi connectivity index (χ4n) is 5.52. The molecule has 2 aliphatic rings. The van der Waals surface area contributed by atoms with Gasteiger partial charge in [0.1, 0.15) is 5.75 Å². The standard InChI is InChI=1S/C27H35N13O2/c28-14-5-15(29)10-39(9-14)26-36-25(37-27(38-26)40-11-16(30)6-17(31)12-40)35-19-1-3-20(23(41)8-19)24(42)34-18-2-4-21-22(7-18)33-13-32-21/h1-4,7-8,13-17,41H,5-6,9-12,28-31H2,(H,32,33)(H,34,42)(H,35,36,37,38)/t14-,15+,16-,17+. The summed E-state index contributed by atoms with van der Waals surface area (Å²) in [5, 5.41) is 16.7. The van der Waals surface area contributed by atoms with E-state index < -0.39 is 5.91 Å². The Morgan fingerprint density at radius 2 is 1.43 bits per heavy atom. The normalized spacial score (nSPS) is 22.8.